The molecule has 0 saturated heterocycles. The van der Waals surface area contributed by atoms with Gasteiger partial charge < -0.3 is 19.8 Å². The lowest BCUT2D eigenvalue weighted by Crippen LogP contribution is -2.11. The summed E-state index contributed by atoms with van der Waals surface area (Å²) in [6.45, 7) is 0. The summed E-state index contributed by atoms with van der Waals surface area (Å²) in [4.78, 5) is 32.5. The Labute approximate surface area is 101 Å². The highest BCUT2D eigenvalue weighted by Crippen LogP contribution is 2.26. The van der Waals surface area contributed by atoms with Gasteiger partial charge in [-0.2, -0.15) is 0 Å². The van der Waals surface area contributed by atoms with Crippen LogP contribution in [0.5, 0.6) is 5.75 Å². The number of hydrogen-bond donors (Lipinski definition) is 3. The van der Waals surface area contributed by atoms with Crippen LogP contribution in [0.15, 0.2) is 12.1 Å². The van der Waals surface area contributed by atoms with E-state index >= 15 is 0 Å². The molecule has 0 unspecified atom stereocenters. The van der Waals surface area contributed by atoms with Gasteiger partial charge in [0.25, 0.3) is 0 Å². The van der Waals surface area contributed by atoms with Crippen LogP contribution < -0.4 is 4.52 Å². The summed E-state index contributed by atoms with van der Waals surface area (Å²) in [6.07, 6.45) is 0. The Morgan fingerprint density at radius 3 is 1.72 bits per heavy atom. The molecule has 94 valence electrons. The molecule has 9 heteroatoms. The molecular formula is C9H5O8P. The molecule has 0 fully saturated rings. The van der Waals surface area contributed by atoms with E-state index in [9.17, 15) is 18.9 Å². The number of benzene rings is 1. The van der Waals surface area contributed by atoms with Crippen molar-refractivity contribution in [3.05, 3.63) is 28.8 Å². The molecule has 0 heterocycles. The summed E-state index contributed by atoms with van der Waals surface area (Å²) in [6, 6.07) is 1.33. The minimum atomic E-state index is -1.60. The molecule has 0 aromatic heterocycles. The Morgan fingerprint density at radius 1 is 0.889 bits per heavy atom. The van der Waals surface area contributed by atoms with Crippen LogP contribution in [0, 0.1) is 0 Å². The van der Waals surface area contributed by atoms with Gasteiger partial charge in [0.15, 0.2) is 0 Å². The minimum absolute atomic E-state index is 0.499. The Kier molecular flexibility index (Phi) is 3.96. The highest BCUT2D eigenvalue weighted by molar-refractivity contribution is 7.17. The molecule has 0 aliphatic rings. The summed E-state index contributed by atoms with van der Waals surface area (Å²) >= 11 is 0. The van der Waals surface area contributed by atoms with Gasteiger partial charge in [0.2, 0.25) is 0 Å². The molecule has 1 rings (SSSR count). The highest BCUT2D eigenvalue weighted by atomic mass is 31.1. The van der Waals surface area contributed by atoms with Crippen molar-refractivity contribution in [3.63, 3.8) is 0 Å². The van der Waals surface area contributed by atoms with Crippen molar-refractivity contribution in [1.29, 1.82) is 0 Å². The van der Waals surface area contributed by atoms with Crippen LogP contribution in [-0.4, -0.2) is 33.2 Å². The van der Waals surface area contributed by atoms with Gasteiger partial charge in [-0.1, -0.05) is 0 Å². The molecule has 0 amide bonds. The predicted octanol–water partition coefficient (Wildman–Crippen LogP) is 1.37. The lowest BCUT2D eigenvalue weighted by molar-refractivity contribution is 0.0648. The van der Waals surface area contributed by atoms with Gasteiger partial charge in [0.1, 0.15) is 11.3 Å². The second-order valence-electron chi connectivity index (χ2n) is 2.98. The fraction of sp³-hybridized carbons (Fsp3) is 0. The van der Waals surface area contributed by atoms with Crippen molar-refractivity contribution in [2.75, 3.05) is 0 Å². The van der Waals surface area contributed by atoms with Crippen molar-refractivity contribution in [2.24, 2.45) is 0 Å². The van der Waals surface area contributed by atoms with E-state index in [0.29, 0.717) is 12.1 Å². The van der Waals surface area contributed by atoms with E-state index in [1.54, 1.807) is 0 Å². The molecule has 0 aliphatic carbocycles. The van der Waals surface area contributed by atoms with Gasteiger partial charge in [-0.25, -0.2) is 18.9 Å². The lowest BCUT2D eigenvalue weighted by Gasteiger charge is -2.07. The van der Waals surface area contributed by atoms with E-state index in [1.807, 2.05) is 0 Å². The molecule has 1 aromatic rings. The van der Waals surface area contributed by atoms with Crippen LogP contribution in [0.4, 0.5) is 0 Å². The van der Waals surface area contributed by atoms with Crippen molar-refractivity contribution in [1.82, 2.24) is 0 Å². The zero-order chi connectivity index (χ0) is 13.9. The zero-order valence-electron chi connectivity index (χ0n) is 8.48. The largest absolute Gasteiger partial charge is 0.478 e. The van der Waals surface area contributed by atoms with Crippen molar-refractivity contribution in [3.8, 4) is 5.75 Å². The quantitative estimate of drug-likeness (QED) is 0.683. The first-order valence-electron chi connectivity index (χ1n) is 4.26. The fourth-order valence-corrected chi connectivity index (χ4v) is 1.45. The van der Waals surface area contributed by atoms with E-state index in [4.69, 9.17) is 15.3 Å². The number of aromatic carboxylic acids is 3. The van der Waals surface area contributed by atoms with Gasteiger partial charge in [0.05, 0.1) is 11.1 Å². The first-order valence-corrected chi connectivity index (χ1v) is 4.99. The van der Waals surface area contributed by atoms with E-state index in [0.717, 1.165) is 0 Å². The molecule has 0 atom stereocenters. The van der Waals surface area contributed by atoms with Crippen LogP contribution >= 0.6 is 8.69 Å². The van der Waals surface area contributed by atoms with Crippen LogP contribution in [-0.2, 0) is 4.57 Å². The van der Waals surface area contributed by atoms with Gasteiger partial charge in [-0.3, -0.25) is 0 Å². The van der Waals surface area contributed by atoms with Gasteiger partial charge in [-0.05, 0) is 12.1 Å². The molecule has 0 spiro atoms. The third-order valence-electron chi connectivity index (χ3n) is 1.95. The molecule has 0 aliphatic heterocycles. The number of carboxylic acid groups (broad SMARTS) is 3. The van der Waals surface area contributed by atoms with Gasteiger partial charge >= 0.3 is 26.6 Å². The molecule has 1 aromatic carbocycles. The maximum absolute atomic E-state index is 10.8. The zero-order valence-corrected chi connectivity index (χ0v) is 9.38. The number of hydrogen-bond acceptors (Lipinski definition) is 5. The van der Waals surface area contributed by atoms with E-state index in [1.165, 1.54) is 0 Å². The molecule has 8 nitrogen and oxygen atoms in total. The number of carboxylic acids is 3. The van der Waals surface area contributed by atoms with Crippen LogP contribution in [0.25, 0.3) is 0 Å². The average Bonchev–Trinajstić information content (AvgIpc) is 2.28. The molecule has 18 heavy (non-hydrogen) atoms. The number of carbonyl (C=O) groups is 3. The normalized spacial score (nSPS) is 10.0. The Bertz CT molecular complexity index is 550. The third kappa shape index (κ3) is 2.61. The topological polar surface area (TPSA) is 138 Å². The maximum atomic E-state index is 10.8. The molecule has 0 bridgehead atoms. The van der Waals surface area contributed by atoms with Crippen molar-refractivity contribution < 1.29 is 38.8 Å². The second kappa shape index (κ2) is 5.24. The van der Waals surface area contributed by atoms with Gasteiger partial charge in [-0.15, -0.1) is 0 Å². The molecule has 0 radical (unpaired) electrons. The Morgan fingerprint density at radius 2 is 1.33 bits per heavy atom. The lowest BCUT2D eigenvalue weighted by atomic mass is 10.0. The highest BCUT2D eigenvalue weighted by Gasteiger charge is 2.23. The van der Waals surface area contributed by atoms with Crippen molar-refractivity contribution >= 4 is 26.6 Å². The monoisotopic (exact) mass is 272 g/mol. The Hall–Kier alpha value is -2.47. The molecular weight excluding hydrogens is 267 g/mol. The first-order chi connectivity index (χ1) is 8.38. The summed E-state index contributed by atoms with van der Waals surface area (Å²) in [5.74, 6) is -5.20. The number of rotatable bonds is 5. The minimum Gasteiger partial charge on any atom is -0.478 e. The second-order valence-corrected chi connectivity index (χ2v) is 3.31. The first kappa shape index (κ1) is 13.6. The Balaban J connectivity index is 3.59. The van der Waals surface area contributed by atoms with Crippen molar-refractivity contribution in [2.45, 2.75) is 0 Å². The van der Waals surface area contributed by atoms with E-state index in [2.05, 4.69) is 4.52 Å². The van der Waals surface area contributed by atoms with Crippen LogP contribution in [0.1, 0.15) is 31.1 Å². The summed E-state index contributed by atoms with van der Waals surface area (Å²) < 4.78 is 14.7. The smallest absolute Gasteiger partial charge is 0.395 e. The predicted molar refractivity (Wildman–Crippen MR) is 55.6 cm³/mol. The fourth-order valence-electron chi connectivity index (χ4n) is 1.22. The van der Waals surface area contributed by atoms with Crippen LogP contribution in [0.3, 0.4) is 0 Å². The van der Waals surface area contributed by atoms with E-state index in [-0.39, 0.29) is 0 Å². The molecule has 0 saturated carbocycles. The average molecular weight is 272 g/mol. The standard InChI is InChI=1S/C9H5O8P/c10-7(11)3-1-5(9(14)15)6(17-18-16)2-4(3)8(12)13/h1-2H,(H,10,11)(H,12,13)(H,14,15). The summed E-state index contributed by atoms with van der Waals surface area (Å²) in [5, 5.41) is 26.4. The SMILES string of the molecule is O=POc1cc(C(=O)O)c(C(=O)O)cc1C(=O)O. The summed E-state index contributed by atoms with van der Waals surface area (Å²) in [7, 11) is -0.890. The van der Waals surface area contributed by atoms with Gasteiger partial charge in [0, 0.05) is 0 Å². The van der Waals surface area contributed by atoms with Crippen LogP contribution in [0.2, 0.25) is 0 Å². The third-order valence-corrected chi connectivity index (χ3v) is 2.22. The molecule has 3 N–H and O–H groups in total. The maximum Gasteiger partial charge on any atom is 0.395 e. The summed E-state index contributed by atoms with van der Waals surface area (Å²) in [5.41, 5.74) is -1.96. The van der Waals surface area contributed by atoms with E-state index < -0.39 is 49.0 Å².